The van der Waals surface area contributed by atoms with Crippen LogP contribution in [0.15, 0.2) is 85.5 Å². The minimum Gasteiger partial charge on any atom is -0.466 e. The van der Waals surface area contributed by atoms with Crippen LogP contribution in [0.5, 0.6) is 0 Å². The van der Waals surface area contributed by atoms with Gasteiger partial charge in [-0.25, -0.2) is 4.39 Å². The van der Waals surface area contributed by atoms with Gasteiger partial charge in [-0.05, 0) is 80.1 Å². The largest absolute Gasteiger partial charge is 0.466 e. The van der Waals surface area contributed by atoms with E-state index in [0.717, 1.165) is 0 Å². The molecule has 0 aliphatic carbocycles. The molecule has 3 rings (SSSR count). The topological polar surface area (TPSA) is 215 Å². The van der Waals surface area contributed by atoms with Gasteiger partial charge >= 0.3 is 5.97 Å². The summed E-state index contributed by atoms with van der Waals surface area (Å²) in [6, 6.07) is 14.9. The molecule has 0 radical (unpaired) electrons. The lowest BCUT2D eigenvalue weighted by molar-refractivity contribution is -0.798. The molecule has 58 heavy (non-hydrogen) atoms. The van der Waals surface area contributed by atoms with Crippen molar-refractivity contribution in [2.24, 2.45) is 0 Å². The van der Waals surface area contributed by atoms with Gasteiger partial charge in [0, 0.05) is 36.5 Å². The van der Waals surface area contributed by atoms with Crippen LogP contribution in [-0.4, -0.2) is 81.1 Å². The second kappa shape index (κ2) is 23.4. The molecule has 2 aromatic carbocycles. The monoisotopic (exact) mass is 810 g/mol. The number of hydrogen-bond acceptors (Lipinski definition) is 12. The van der Waals surface area contributed by atoms with Crippen molar-refractivity contribution < 1.29 is 53.5 Å². The van der Waals surface area contributed by atoms with Crippen molar-refractivity contribution in [3.8, 4) is 11.3 Å². The summed E-state index contributed by atoms with van der Waals surface area (Å²) in [5, 5.41) is 43.9. The number of carbonyl (C=O) groups is 2. The number of hydrogen-bond donors (Lipinski definition) is 3. The molecule has 0 aliphatic rings. The first-order chi connectivity index (χ1) is 27.7. The van der Waals surface area contributed by atoms with Gasteiger partial charge in [-0.1, -0.05) is 62.9 Å². The minimum atomic E-state index is -1.37. The number of aromatic nitrogens is 1. The standard InChI is InChI=1S/C41H51FN4O12/c1-6-12-29(13-7-2)37-38(41(50)43-32-14-9-8-10-15-32)39(27(3)4)44(40(37)30-16-18-31(42)19-17-30)21-20-33(47)24-34(48)25-36(49)56-23-11-22-55-26-35(58-46(53)54)28(5)57-45(51)52/h6-10,12-19,27-28,33-35,47-48H,1,11,20-26H2,2-5H3,(H,43,50)/b13-7-,29-12+/t28?,33?,34-,35?/m1/s1. The highest BCUT2D eigenvalue weighted by Gasteiger charge is 2.31. The van der Waals surface area contributed by atoms with Crippen molar-refractivity contribution in [3.05, 3.63) is 128 Å². The first kappa shape index (κ1) is 46.5. The Bertz CT molecular complexity index is 1900. The number of esters is 1. The predicted octanol–water partition coefficient (Wildman–Crippen LogP) is 6.83. The van der Waals surface area contributed by atoms with Crippen LogP contribution in [0.4, 0.5) is 10.1 Å². The maximum absolute atomic E-state index is 14.3. The lowest BCUT2D eigenvalue weighted by atomic mass is 9.93. The van der Waals surface area contributed by atoms with Gasteiger partial charge in [0.15, 0.2) is 6.10 Å². The van der Waals surface area contributed by atoms with Crippen molar-refractivity contribution in [2.45, 2.75) is 90.3 Å². The molecule has 0 saturated carbocycles. The van der Waals surface area contributed by atoms with Crippen LogP contribution in [0, 0.1) is 26.0 Å². The van der Waals surface area contributed by atoms with E-state index >= 15 is 0 Å². The highest BCUT2D eigenvalue weighted by molar-refractivity contribution is 6.11. The van der Waals surface area contributed by atoms with Gasteiger partial charge in [0.25, 0.3) is 16.1 Å². The number of anilines is 1. The van der Waals surface area contributed by atoms with E-state index in [2.05, 4.69) is 21.6 Å². The Labute approximate surface area is 335 Å². The zero-order chi connectivity index (χ0) is 42.8. The van der Waals surface area contributed by atoms with Gasteiger partial charge in [0.05, 0.1) is 43.1 Å². The minimum absolute atomic E-state index is 0.0358. The van der Waals surface area contributed by atoms with Crippen LogP contribution in [-0.2, 0) is 30.5 Å². The summed E-state index contributed by atoms with van der Waals surface area (Å²) in [7, 11) is 0. The Kier molecular flexibility index (Phi) is 18.7. The number of ether oxygens (including phenoxy) is 2. The molecule has 3 unspecified atom stereocenters. The van der Waals surface area contributed by atoms with E-state index in [-0.39, 0.29) is 50.8 Å². The second-order valence-electron chi connectivity index (χ2n) is 13.6. The van der Waals surface area contributed by atoms with Crippen molar-refractivity contribution in [1.82, 2.24) is 4.57 Å². The molecule has 3 N–H and O–H groups in total. The van der Waals surface area contributed by atoms with Crippen LogP contribution in [0.1, 0.15) is 80.9 Å². The Morgan fingerprint density at radius 3 is 2.24 bits per heavy atom. The van der Waals surface area contributed by atoms with E-state index in [1.165, 1.54) is 19.1 Å². The molecule has 1 amide bonds. The summed E-state index contributed by atoms with van der Waals surface area (Å²) in [5.41, 5.74) is 4.18. The molecule has 0 fully saturated rings. The van der Waals surface area contributed by atoms with Gasteiger partial charge in [-0.3, -0.25) is 9.59 Å². The fraction of sp³-hybridized carbons (Fsp3) is 0.415. The average molecular weight is 811 g/mol. The number of halogens is 1. The van der Waals surface area contributed by atoms with Crippen LogP contribution in [0.2, 0.25) is 0 Å². The summed E-state index contributed by atoms with van der Waals surface area (Å²) in [6.07, 6.45) is 1.79. The van der Waals surface area contributed by atoms with E-state index in [1.54, 1.807) is 36.4 Å². The summed E-state index contributed by atoms with van der Waals surface area (Å²) in [4.78, 5) is 56.7. The molecule has 4 atom stereocenters. The summed E-state index contributed by atoms with van der Waals surface area (Å²) < 4.78 is 26.6. The molecule has 0 spiro atoms. The number of para-hydroxylation sites is 1. The third kappa shape index (κ3) is 14.2. The highest BCUT2D eigenvalue weighted by atomic mass is 19.1. The van der Waals surface area contributed by atoms with Gasteiger partial charge in [-0.2, -0.15) is 0 Å². The van der Waals surface area contributed by atoms with Crippen molar-refractivity contribution in [1.29, 1.82) is 0 Å². The van der Waals surface area contributed by atoms with Gasteiger partial charge < -0.3 is 39.2 Å². The number of nitrogens with zero attached hydrogens (tertiary/aromatic N) is 3. The normalized spacial score (nSPS) is 13.8. The fourth-order valence-electron chi connectivity index (χ4n) is 6.29. The number of benzene rings is 2. The first-order valence-electron chi connectivity index (χ1n) is 18.7. The number of carbonyl (C=O) groups excluding carboxylic acids is 2. The van der Waals surface area contributed by atoms with Crippen LogP contribution in [0.25, 0.3) is 16.8 Å². The molecule has 17 heteroatoms. The Morgan fingerprint density at radius 1 is 0.966 bits per heavy atom. The fourth-order valence-corrected chi connectivity index (χ4v) is 6.29. The molecule has 314 valence electrons. The maximum Gasteiger partial charge on any atom is 0.308 e. The zero-order valence-electron chi connectivity index (χ0n) is 33.0. The quantitative estimate of drug-likeness (QED) is 0.0264. The molecule has 0 aliphatic heterocycles. The van der Waals surface area contributed by atoms with Crippen LogP contribution in [0.3, 0.4) is 0 Å². The summed E-state index contributed by atoms with van der Waals surface area (Å²) in [5.74, 6) is -1.74. The third-order valence-electron chi connectivity index (χ3n) is 8.77. The molecule has 0 saturated heterocycles. The van der Waals surface area contributed by atoms with Gasteiger partial charge in [0.1, 0.15) is 11.9 Å². The predicted molar refractivity (Wildman–Crippen MR) is 213 cm³/mol. The molecule has 1 heterocycles. The van der Waals surface area contributed by atoms with Crippen molar-refractivity contribution in [2.75, 3.05) is 25.1 Å². The highest BCUT2D eigenvalue weighted by Crippen LogP contribution is 2.41. The lowest BCUT2D eigenvalue weighted by Crippen LogP contribution is -2.36. The smallest absolute Gasteiger partial charge is 0.308 e. The van der Waals surface area contributed by atoms with E-state index in [4.69, 9.17) is 9.47 Å². The van der Waals surface area contributed by atoms with E-state index < -0.39 is 59.4 Å². The number of amides is 1. The first-order valence-corrected chi connectivity index (χ1v) is 18.7. The SMILES string of the molecule is C=C/C=C(\C=C/C)c1c(C(=O)Nc2ccccc2)c(C(C)C)n(CCC(O)C[C@@H](O)CC(=O)OCCCOCC(O[N+](=O)[O-])C(C)O[N+](=O)[O-])c1-c1ccc(F)cc1. The maximum atomic E-state index is 14.3. The van der Waals surface area contributed by atoms with E-state index in [0.29, 0.717) is 39.3 Å². The van der Waals surface area contributed by atoms with E-state index in [1.807, 2.05) is 55.7 Å². The van der Waals surface area contributed by atoms with Crippen LogP contribution >= 0.6 is 0 Å². The number of aliphatic hydroxyl groups is 2. The molecular formula is C41H51FN4O12. The Balaban J connectivity index is 1.77. The summed E-state index contributed by atoms with van der Waals surface area (Å²) in [6.45, 7) is 10.5. The van der Waals surface area contributed by atoms with Gasteiger partial charge in [-0.15, -0.1) is 20.2 Å². The molecule has 1 aromatic heterocycles. The summed E-state index contributed by atoms with van der Waals surface area (Å²) >= 11 is 0. The Morgan fingerprint density at radius 2 is 1.64 bits per heavy atom. The Hall–Kier alpha value is -5.91. The lowest BCUT2D eigenvalue weighted by Gasteiger charge is -2.20. The number of nitrogens with one attached hydrogen (secondary N) is 1. The second-order valence-corrected chi connectivity index (χ2v) is 13.6. The van der Waals surface area contributed by atoms with Crippen LogP contribution < -0.4 is 5.32 Å². The van der Waals surface area contributed by atoms with Crippen molar-refractivity contribution in [3.63, 3.8) is 0 Å². The number of aliphatic hydroxyl groups excluding tert-OH is 2. The van der Waals surface area contributed by atoms with Crippen molar-refractivity contribution >= 4 is 23.1 Å². The molecule has 3 aromatic rings. The third-order valence-corrected chi connectivity index (χ3v) is 8.77. The zero-order valence-corrected chi connectivity index (χ0v) is 33.0. The van der Waals surface area contributed by atoms with E-state index in [9.17, 15) is 44.4 Å². The average Bonchev–Trinajstić information content (AvgIpc) is 3.50. The molecule has 16 nitrogen and oxygen atoms in total. The molecular weight excluding hydrogens is 759 g/mol. The number of allylic oxidation sites excluding steroid dienone is 5. The van der Waals surface area contributed by atoms with Gasteiger partial charge in [0.2, 0.25) is 0 Å². The number of rotatable bonds is 25. The molecule has 0 bridgehead atoms.